The summed E-state index contributed by atoms with van der Waals surface area (Å²) in [5.74, 6) is -0.728. The number of esters is 1. The van der Waals surface area contributed by atoms with Gasteiger partial charge in [-0.2, -0.15) is 0 Å². The quantitative estimate of drug-likeness (QED) is 0.232. The lowest BCUT2D eigenvalue weighted by Crippen LogP contribution is -2.32. The van der Waals surface area contributed by atoms with Crippen LogP contribution in [0.2, 0.25) is 5.02 Å². The van der Waals surface area contributed by atoms with Crippen molar-refractivity contribution in [2.75, 3.05) is 24.8 Å². The van der Waals surface area contributed by atoms with Crippen molar-refractivity contribution in [2.24, 2.45) is 5.41 Å². The second-order valence-corrected chi connectivity index (χ2v) is 11.4. The number of nitrogen functional groups attached to an aromatic ring is 1. The molecule has 0 aliphatic heterocycles. The first-order valence-corrected chi connectivity index (χ1v) is 13.3. The zero-order valence-electron chi connectivity index (χ0n) is 20.9. The number of benzene rings is 3. The largest absolute Gasteiger partial charge is 0.492 e. The molecule has 0 aliphatic carbocycles. The Balaban J connectivity index is 1.66. The van der Waals surface area contributed by atoms with Crippen molar-refractivity contribution in [1.29, 1.82) is 0 Å². The maximum Gasteiger partial charge on any atom is 0.314 e. The second kappa shape index (κ2) is 10.4. The SMILES string of the molecule is COC(=O)C(C)(C)COc1ccc(NC(=O)c2cc3cc(Cl)ccc3n2S(=O)(=O)c2ccccc2)c(N)c1. The van der Waals surface area contributed by atoms with Gasteiger partial charge in [0.2, 0.25) is 0 Å². The van der Waals surface area contributed by atoms with Gasteiger partial charge in [-0.3, -0.25) is 9.59 Å². The third kappa shape index (κ3) is 5.32. The van der Waals surface area contributed by atoms with Crippen LogP contribution in [0, 0.1) is 5.41 Å². The summed E-state index contributed by atoms with van der Waals surface area (Å²) in [4.78, 5) is 25.3. The molecule has 1 amide bonds. The van der Waals surface area contributed by atoms with Crippen LogP contribution in [0.3, 0.4) is 0 Å². The topological polar surface area (TPSA) is 130 Å². The molecule has 0 fully saturated rings. The van der Waals surface area contributed by atoms with E-state index in [4.69, 9.17) is 26.8 Å². The molecule has 0 bridgehead atoms. The molecular weight excluding hydrogens is 530 g/mol. The summed E-state index contributed by atoms with van der Waals surface area (Å²) in [6, 6.07) is 18.6. The van der Waals surface area contributed by atoms with Gasteiger partial charge in [-0.1, -0.05) is 29.8 Å². The van der Waals surface area contributed by atoms with E-state index < -0.39 is 27.3 Å². The lowest BCUT2D eigenvalue weighted by atomic mass is 9.95. The van der Waals surface area contributed by atoms with E-state index in [2.05, 4.69) is 5.32 Å². The summed E-state index contributed by atoms with van der Waals surface area (Å²) in [6.07, 6.45) is 0. The van der Waals surface area contributed by atoms with Crippen LogP contribution in [0.25, 0.3) is 10.9 Å². The molecule has 9 nitrogen and oxygen atoms in total. The third-order valence-electron chi connectivity index (χ3n) is 5.84. The number of hydrogen-bond donors (Lipinski definition) is 2. The minimum absolute atomic E-state index is 0.0254. The Bertz CT molecular complexity index is 1630. The average Bonchev–Trinajstić information content (AvgIpc) is 3.28. The van der Waals surface area contributed by atoms with Gasteiger partial charge in [-0.05, 0) is 62.4 Å². The molecular formula is C27H26ClN3O6S. The number of carbonyl (C=O) groups excluding carboxylic acids is 2. The van der Waals surface area contributed by atoms with Crippen molar-refractivity contribution in [3.8, 4) is 5.75 Å². The molecule has 1 aromatic heterocycles. The van der Waals surface area contributed by atoms with E-state index in [-0.39, 0.29) is 28.6 Å². The first kappa shape index (κ1) is 27.0. The Morgan fingerprint density at radius 3 is 2.39 bits per heavy atom. The number of aromatic nitrogens is 1. The number of hydrogen-bond acceptors (Lipinski definition) is 7. The Labute approximate surface area is 225 Å². The molecule has 0 radical (unpaired) electrons. The lowest BCUT2D eigenvalue weighted by molar-refractivity contribution is -0.152. The molecule has 4 rings (SSSR count). The van der Waals surface area contributed by atoms with Crippen molar-refractivity contribution in [3.05, 3.63) is 83.5 Å². The minimum Gasteiger partial charge on any atom is -0.492 e. The van der Waals surface area contributed by atoms with E-state index in [9.17, 15) is 18.0 Å². The predicted molar refractivity (Wildman–Crippen MR) is 146 cm³/mol. The van der Waals surface area contributed by atoms with Crippen molar-refractivity contribution in [1.82, 2.24) is 3.97 Å². The maximum atomic E-state index is 13.6. The fraction of sp³-hybridized carbons (Fsp3) is 0.185. The molecule has 3 N–H and O–H groups in total. The molecule has 0 saturated carbocycles. The summed E-state index contributed by atoms with van der Waals surface area (Å²) >= 11 is 6.12. The van der Waals surface area contributed by atoms with E-state index in [0.717, 1.165) is 3.97 Å². The van der Waals surface area contributed by atoms with Gasteiger partial charge in [0, 0.05) is 16.5 Å². The predicted octanol–water partition coefficient (Wildman–Crippen LogP) is 4.94. The van der Waals surface area contributed by atoms with Crippen LogP contribution in [0.5, 0.6) is 5.75 Å². The smallest absolute Gasteiger partial charge is 0.314 e. The van der Waals surface area contributed by atoms with E-state index in [1.165, 1.54) is 37.4 Å². The molecule has 3 aromatic carbocycles. The number of nitrogens with one attached hydrogen (secondary N) is 1. The van der Waals surface area contributed by atoms with E-state index in [1.54, 1.807) is 56.3 Å². The van der Waals surface area contributed by atoms with E-state index >= 15 is 0 Å². The van der Waals surface area contributed by atoms with E-state index in [0.29, 0.717) is 21.7 Å². The van der Waals surface area contributed by atoms with Crippen molar-refractivity contribution in [3.63, 3.8) is 0 Å². The van der Waals surface area contributed by atoms with E-state index in [1.807, 2.05) is 0 Å². The average molecular weight is 556 g/mol. The molecule has 4 aromatic rings. The summed E-state index contributed by atoms with van der Waals surface area (Å²) in [5.41, 5.74) is 5.89. The van der Waals surface area contributed by atoms with Gasteiger partial charge < -0.3 is 20.5 Å². The van der Waals surface area contributed by atoms with Gasteiger partial charge in [-0.15, -0.1) is 0 Å². The highest BCUT2D eigenvalue weighted by Gasteiger charge is 2.30. The molecule has 38 heavy (non-hydrogen) atoms. The number of carbonyl (C=O) groups is 2. The van der Waals surface area contributed by atoms with Gasteiger partial charge in [-0.25, -0.2) is 12.4 Å². The fourth-order valence-corrected chi connectivity index (χ4v) is 5.52. The Morgan fingerprint density at radius 1 is 1.03 bits per heavy atom. The molecule has 0 aliphatic rings. The monoisotopic (exact) mass is 555 g/mol. The first-order chi connectivity index (χ1) is 17.9. The summed E-state index contributed by atoms with van der Waals surface area (Å²) < 4.78 is 38.6. The molecule has 0 atom stereocenters. The molecule has 0 saturated heterocycles. The van der Waals surface area contributed by atoms with Gasteiger partial charge in [0.05, 0.1) is 34.3 Å². The number of fused-ring (bicyclic) bond motifs is 1. The van der Waals surface area contributed by atoms with Crippen LogP contribution in [0.4, 0.5) is 11.4 Å². The minimum atomic E-state index is -4.13. The van der Waals surface area contributed by atoms with Crippen LogP contribution in [0.1, 0.15) is 24.3 Å². The van der Waals surface area contributed by atoms with Crippen molar-refractivity contribution < 1.29 is 27.5 Å². The molecule has 1 heterocycles. The zero-order valence-corrected chi connectivity index (χ0v) is 22.5. The number of rotatable bonds is 8. The highest BCUT2D eigenvalue weighted by molar-refractivity contribution is 7.90. The number of nitrogens with two attached hydrogens (primary N) is 1. The zero-order chi connectivity index (χ0) is 27.7. The highest BCUT2D eigenvalue weighted by Crippen LogP contribution is 2.30. The van der Waals surface area contributed by atoms with Crippen molar-refractivity contribution >= 4 is 55.8 Å². The standard InChI is InChI=1S/C27H26ClN3O6S/c1-27(2,26(33)36-3)16-37-19-10-11-22(21(29)15-19)30-25(32)24-14-17-13-18(28)9-12-23(17)31(24)38(34,35)20-7-5-4-6-8-20/h4-15H,16,29H2,1-3H3,(H,30,32). The Hall–Kier alpha value is -4.02. The first-order valence-electron chi connectivity index (χ1n) is 11.5. The number of nitrogens with zero attached hydrogens (tertiary/aromatic N) is 1. The van der Waals surface area contributed by atoms with Gasteiger partial charge >= 0.3 is 5.97 Å². The highest BCUT2D eigenvalue weighted by atomic mass is 35.5. The summed E-state index contributed by atoms with van der Waals surface area (Å²) in [6.45, 7) is 3.42. The van der Waals surface area contributed by atoms with Crippen LogP contribution in [0.15, 0.2) is 77.7 Å². The fourth-order valence-electron chi connectivity index (χ4n) is 3.81. The van der Waals surface area contributed by atoms with Gasteiger partial charge in [0.1, 0.15) is 18.1 Å². The number of ether oxygens (including phenoxy) is 2. The number of amides is 1. The van der Waals surface area contributed by atoms with Gasteiger partial charge in [0.15, 0.2) is 0 Å². The lowest BCUT2D eigenvalue weighted by Gasteiger charge is -2.22. The van der Waals surface area contributed by atoms with Gasteiger partial charge in [0.25, 0.3) is 15.9 Å². The Morgan fingerprint density at radius 2 is 1.74 bits per heavy atom. The van der Waals surface area contributed by atoms with Crippen LogP contribution < -0.4 is 15.8 Å². The number of methoxy groups -OCH3 is 1. The van der Waals surface area contributed by atoms with Crippen LogP contribution in [-0.2, 0) is 19.6 Å². The summed E-state index contributed by atoms with van der Waals surface area (Å²) in [7, 11) is -2.82. The normalized spacial score (nSPS) is 11.8. The molecule has 0 spiro atoms. The number of anilines is 2. The Kier molecular flexibility index (Phi) is 7.39. The van der Waals surface area contributed by atoms with Crippen molar-refractivity contribution in [2.45, 2.75) is 18.7 Å². The molecule has 198 valence electrons. The van der Waals surface area contributed by atoms with Crippen LogP contribution in [-0.4, -0.2) is 38.0 Å². The number of halogens is 1. The third-order valence-corrected chi connectivity index (χ3v) is 7.82. The molecule has 11 heteroatoms. The second-order valence-electron chi connectivity index (χ2n) is 9.18. The summed E-state index contributed by atoms with van der Waals surface area (Å²) in [5, 5.41) is 3.56. The molecule has 0 unspecified atom stereocenters. The maximum absolute atomic E-state index is 13.6. The van der Waals surface area contributed by atoms with Crippen LogP contribution >= 0.6 is 11.6 Å².